The zero-order valence-electron chi connectivity index (χ0n) is 10.5. The summed E-state index contributed by atoms with van der Waals surface area (Å²) in [5.74, 6) is -0.299. The maximum Gasteiger partial charge on any atom is 0.234 e. The van der Waals surface area contributed by atoms with Gasteiger partial charge in [-0.25, -0.2) is 0 Å². The highest BCUT2D eigenvalue weighted by atomic mass is 16.1. The molecule has 1 amide bonds. The average molecular weight is 235 g/mol. The Morgan fingerprint density at radius 1 is 1.35 bits per heavy atom. The number of hydrogen-bond acceptors (Lipinski definition) is 3. The predicted molar refractivity (Wildman–Crippen MR) is 69.7 cm³/mol. The lowest BCUT2D eigenvalue weighted by Crippen LogP contribution is -2.45. The smallest absolute Gasteiger partial charge is 0.234 e. The highest BCUT2D eigenvalue weighted by Gasteiger charge is 2.14. The standard InChI is InChI=1S/C13H21N3O/c1-16(2)9-8-15-12(13(14)17)10-11-6-4-3-5-7-11/h3-7,12,15H,8-10H2,1-2H3,(H2,14,17). The Kier molecular flexibility index (Phi) is 5.66. The van der Waals surface area contributed by atoms with Crippen LogP contribution in [0.2, 0.25) is 0 Å². The lowest BCUT2D eigenvalue weighted by atomic mass is 10.1. The maximum absolute atomic E-state index is 11.3. The zero-order valence-corrected chi connectivity index (χ0v) is 10.5. The second-order valence-electron chi connectivity index (χ2n) is 4.40. The van der Waals surface area contributed by atoms with Crippen LogP contribution >= 0.6 is 0 Å². The van der Waals surface area contributed by atoms with E-state index >= 15 is 0 Å². The van der Waals surface area contributed by atoms with E-state index in [1.807, 2.05) is 44.4 Å². The first-order valence-electron chi connectivity index (χ1n) is 5.81. The highest BCUT2D eigenvalue weighted by Crippen LogP contribution is 2.02. The maximum atomic E-state index is 11.3. The molecule has 94 valence electrons. The molecule has 0 saturated heterocycles. The molecule has 1 atom stereocenters. The van der Waals surface area contributed by atoms with Gasteiger partial charge >= 0.3 is 0 Å². The van der Waals surface area contributed by atoms with Crippen LogP contribution in [0.1, 0.15) is 5.56 Å². The molecule has 1 aromatic rings. The lowest BCUT2D eigenvalue weighted by Gasteiger charge is -2.17. The molecule has 1 unspecified atom stereocenters. The number of benzene rings is 1. The van der Waals surface area contributed by atoms with Crippen LogP contribution in [0.25, 0.3) is 0 Å². The van der Waals surface area contributed by atoms with E-state index in [4.69, 9.17) is 5.73 Å². The molecule has 0 spiro atoms. The minimum absolute atomic E-state index is 0.294. The fourth-order valence-electron chi connectivity index (χ4n) is 1.59. The molecule has 0 saturated carbocycles. The van der Waals surface area contributed by atoms with Gasteiger partial charge in [-0.2, -0.15) is 0 Å². The Morgan fingerprint density at radius 2 is 2.00 bits per heavy atom. The van der Waals surface area contributed by atoms with Gasteiger partial charge in [-0.3, -0.25) is 4.79 Å². The van der Waals surface area contributed by atoms with Crippen LogP contribution in [0.15, 0.2) is 30.3 Å². The zero-order chi connectivity index (χ0) is 12.7. The number of rotatable bonds is 7. The van der Waals surface area contributed by atoms with Crippen molar-refractivity contribution in [2.24, 2.45) is 5.73 Å². The van der Waals surface area contributed by atoms with Crippen LogP contribution in [0.4, 0.5) is 0 Å². The highest BCUT2D eigenvalue weighted by molar-refractivity contribution is 5.80. The van der Waals surface area contributed by atoms with Crippen LogP contribution in [-0.2, 0) is 11.2 Å². The van der Waals surface area contributed by atoms with E-state index < -0.39 is 0 Å². The van der Waals surface area contributed by atoms with Gasteiger partial charge in [0.2, 0.25) is 5.91 Å². The molecule has 0 aromatic heterocycles. The summed E-state index contributed by atoms with van der Waals surface area (Å²) in [7, 11) is 4.00. The molecule has 0 aliphatic heterocycles. The summed E-state index contributed by atoms with van der Waals surface area (Å²) in [6.07, 6.45) is 0.642. The second kappa shape index (κ2) is 7.04. The average Bonchev–Trinajstić information content (AvgIpc) is 2.28. The summed E-state index contributed by atoms with van der Waals surface area (Å²) in [5.41, 5.74) is 6.51. The molecule has 0 bridgehead atoms. The SMILES string of the molecule is CN(C)CCNC(Cc1ccccc1)C(N)=O. The van der Waals surface area contributed by atoms with E-state index in [-0.39, 0.29) is 11.9 Å². The topological polar surface area (TPSA) is 58.4 Å². The summed E-state index contributed by atoms with van der Waals surface area (Å²) < 4.78 is 0. The van der Waals surface area contributed by atoms with Gasteiger partial charge in [0.05, 0.1) is 6.04 Å². The molecule has 4 nitrogen and oxygen atoms in total. The first-order valence-corrected chi connectivity index (χ1v) is 5.81. The first kappa shape index (κ1) is 13.7. The van der Waals surface area contributed by atoms with Crippen molar-refractivity contribution < 1.29 is 4.79 Å². The van der Waals surface area contributed by atoms with Gasteiger partial charge in [-0.15, -0.1) is 0 Å². The van der Waals surface area contributed by atoms with Gasteiger partial charge < -0.3 is 16.0 Å². The summed E-state index contributed by atoms with van der Waals surface area (Å²) in [4.78, 5) is 13.4. The summed E-state index contributed by atoms with van der Waals surface area (Å²) in [6.45, 7) is 1.64. The van der Waals surface area contributed by atoms with E-state index in [0.29, 0.717) is 6.42 Å². The molecule has 1 rings (SSSR count). The van der Waals surface area contributed by atoms with E-state index in [0.717, 1.165) is 18.7 Å². The molecule has 1 aromatic carbocycles. The van der Waals surface area contributed by atoms with Crippen molar-refractivity contribution in [3.05, 3.63) is 35.9 Å². The molecule has 3 N–H and O–H groups in total. The van der Waals surface area contributed by atoms with Crippen LogP contribution < -0.4 is 11.1 Å². The number of primary amides is 1. The van der Waals surface area contributed by atoms with Gasteiger partial charge in [0.1, 0.15) is 0 Å². The molecule has 4 heteroatoms. The minimum Gasteiger partial charge on any atom is -0.368 e. The fourth-order valence-corrected chi connectivity index (χ4v) is 1.59. The van der Waals surface area contributed by atoms with Gasteiger partial charge in [-0.1, -0.05) is 30.3 Å². The first-order chi connectivity index (χ1) is 8.09. The second-order valence-corrected chi connectivity index (χ2v) is 4.40. The van der Waals surface area contributed by atoms with Crippen molar-refractivity contribution in [1.29, 1.82) is 0 Å². The quantitative estimate of drug-likeness (QED) is 0.711. The Balaban J connectivity index is 2.47. The van der Waals surface area contributed by atoms with E-state index in [1.165, 1.54) is 0 Å². The van der Waals surface area contributed by atoms with Crippen LogP contribution in [-0.4, -0.2) is 44.0 Å². The Bertz CT molecular complexity index is 338. The monoisotopic (exact) mass is 235 g/mol. The van der Waals surface area contributed by atoms with Crippen molar-refractivity contribution in [2.45, 2.75) is 12.5 Å². The molecule has 0 heterocycles. The number of amides is 1. The molecule has 0 aliphatic rings. The third kappa shape index (κ3) is 5.47. The van der Waals surface area contributed by atoms with Gasteiger partial charge in [0, 0.05) is 13.1 Å². The van der Waals surface area contributed by atoms with Crippen LogP contribution in [0.5, 0.6) is 0 Å². The van der Waals surface area contributed by atoms with Gasteiger partial charge in [0.25, 0.3) is 0 Å². The largest absolute Gasteiger partial charge is 0.368 e. The minimum atomic E-state index is -0.299. The summed E-state index contributed by atoms with van der Waals surface area (Å²) in [5, 5.41) is 3.18. The molecule has 0 aliphatic carbocycles. The van der Waals surface area contributed by atoms with Gasteiger partial charge in [-0.05, 0) is 26.1 Å². The number of nitrogens with two attached hydrogens (primary N) is 1. The summed E-state index contributed by atoms with van der Waals surface area (Å²) >= 11 is 0. The number of hydrogen-bond donors (Lipinski definition) is 2. The number of likely N-dealkylation sites (N-methyl/N-ethyl adjacent to an activating group) is 1. The third-order valence-corrected chi connectivity index (χ3v) is 2.58. The summed E-state index contributed by atoms with van der Waals surface area (Å²) in [6, 6.07) is 9.60. The Labute approximate surface area is 103 Å². The predicted octanol–water partition coefficient (Wildman–Crippen LogP) is 0.234. The van der Waals surface area contributed by atoms with Crippen molar-refractivity contribution in [3.63, 3.8) is 0 Å². The molecule has 0 radical (unpaired) electrons. The Morgan fingerprint density at radius 3 is 2.53 bits per heavy atom. The Hall–Kier alpha value is -1.39. The van der Waals surface area contributed by atoms with Crippen LogP contribution in [0, 0.1) is 0 Å². The lowest BCUT2D eigenvalue weighted by molar-refractivity contribution is -0.120. The van der Waals surface area contributed by atoms with Crippen molar-refractivity contribution in [1.82, 2.24) is 10.2 Å². The van der Waals surface area contributed by atoms with Crippen molar-refractivity contribution in [3.8, 4) is 0 Å². The van der Waals surface area contributed by atoms with E-state index in [9.17, 15) is 4.79 Å². The van der Waals surface area contributed by atoms with Crippen molar-refractivity contribution in [2.75, 3.05) is 27.2 Å². The number of carbonyl (C=O) groups is 1. The van der Waals surface area contributed by atoms with Crippen molar-refractivity contribution >= 4 is 5.91 Å². The number of nitrogens with zero attached hydrogens (tertiary/aromatic N) is 1. The van der Waals surface area contributed by atoms with E-state index in [1.54, 1.807) is 0 Å². The molecular formula is C13H21N3O. The number of carbonyl (C=O) groups excluding carboxylic acids is 1. The number of nitrogens with one attached hydrogen (secondary N) is 1. The molecule has 0 fully saturated rings. The van der Waals surface area contributed by atoms with E-state index in [2.05, 4.69) is 10.2 Å². The van der Waals surface area contributed by atoms with Crippen LogP contribution in [0.3, 0.4) is 0 Å². The van der Waals surface area contributed by atoms with Gasteiger partial charge in [0.15, 0.2) is 0 Å². The fraction of sp³-hybridized carbons (Fsp3) is 0.462. The normalized spacial score (nSPS) is 12.6. The molecular weight excluding hydrogens is 214 g/mol. The third-order valence-electron chi connectivity index (χ3n) is 2.58. The molecule has 17 heavy (non-hydrogen) atoms.